The SMILES string of the molecule is COc1ccc2c(c1)C(=O)C(=O)C1=C2OC(C)(C)C(O)C1. The first-order valence-corrected chi connectivity index (χ1v) is 6.73. The molecule has 0 bridgehead atoms. The Morgan fingerprint density at radius 1 is 1.24 bits per heavy atom. The zero-order valence-electron chi connectivity index (χ0n) is 12.1. The molecule has 1 unspecified atom stereocenters. The Morgan fingerprint density at radius 3 is 2.62 bits per heavy atom. The van der Waals surface area contributed by atoms with Gasteiger partial charge in [-0.25, -0.2) is 0 Å². The van der Waals surface area contributed by atoms with Crippen molar-refractivity contribution in [3.05, 3.63) is 34.9 Å². The molecule has 1 aliphatic carbocycles. The topological polar surface area (TPSA) is 72.8 Å². The second-order valence-corrected chi connectivity index (χ2v) is 5.80. The Hall–Kier alpha value is -2.14. The van der Waals surface area contributed by atoms with E-state index in [9.17, 15) is 14.7 Å². The van der Waals surface area contributed by atoms with E-state index in [0.717, 1.165) is 0 Å². The molecule has 0 aromatic heterocycles. The van der Waals surface area contributed by atoms with Crippen LogP contribution in [0.15, 0.2) is 23.8 Å². The van der Waals surface area contributed by atoms with Gasteiger partial charge in [0.15, 0.2) is 0 Å². The Morgan fingerprint density at radius 2 is 1.95 bits per heavy atom. The van der Waals surface area contributed by atoms with Crippen LogP contribution in [0.5, 0.6) is 5.75 Å². The summed E-state index contributed by atoms with van der Waals surface area (Å²) in [6, 6.07) is 4.97. The molecule has 0 amide bonds. The van der Waals surface area contributed by atoms with Crippen LogP contribution in [0.4, 0.5) is 0 Å². The molecule has 1 heterocycles. The molecule has 3 rings (SSSR count). The highest BCUT2D eigenvalue weighted by atomic mass is 16.5. The van der Waals surface area contributed by atoms with Gasteiger partial charge in [-0.1, -0.05) is 0 Å². The zero-order chi connectivity index (χ0) is 15.4. The lowest BCUT2D eigenvalue weighted by molar-refractivity contribution is -0.114. The maximum Gasteiger partial charge on any atom is 0.234 e. The van der Waals surface area contributed by atoms with Crippen LogP contribution in [-0.4, -0.2) is 35.5 Å². The summed E-state index contributed by atoms with van der Waals surface area (Å²) in [7, 11) is 1.50. The van der Waals surface area contributed by atoms with E-state index in [1.807, 2.05) is 0 Å². The molecule has 0 spiro atoms. The smallest absolute Gasteiger partial charge is 0.234 e. The average molecular weight is 288 g/mol. The highest BCUT2D eigenvalue weighted by Gasteiger charge is 2.44. The van der Waals surface area contributed by atoms with Gasteiger partial charge in [0.1, 0.15) is 17.1 Å². The van der Waals surface area contributed by atoms with Gasteiger partial charge in [0.25, 0.3) is 0 Å². The molecule has 2 aliphatic rings. The highest BCUT2D eigenvalue weighted by molar-refractivity contribution is 6.52. The summed E-state index contributed by atoms with van der Waals surface area (Å²) >= 11 is 0. The molecule has 0 radical (unpaired) electrons. The number of aliphatic hydroxyl groups excluding tert-OH is 1. The van der Waals surface area contributed by atoms with Crippen molar-refractivity contribution < 1.29 is 24.2 Å². The maximum atomic E-state index is 12.2. The van der Waals surface area contributed by atoms with Crippen molar-refractivity contribution in [1.82, 2.24) is 0 Å². The fourth-order valence-corrected chi connectivity index (χ4v) is 2.63. The van der Waals surface area contributed by atoms with E-state index in [2.05, 4.69) is 0 Å². The number of fused-ring (bicyclic) bond motifs is 2. The lowest BCUT2D eigenvalue weighted by Crippen LogP contribution is -2.45. The Kier molecular flexibility index (Phi) is 2.92. The molecule has 1 aromatic rings. The minimum absolute atomic E-state index is 0.123. The number of hydrogen-bond acceptors (Lipinski definition) is 5. The normalized spacial score (nSPS) is 23.3. The first-order valence-electron chi connectivity index (χ1n) is 6.73. The Bertz CT molecular complexity index is 684. The third-order valence-corrected chi connectivity index (χ3v) is 4.04. The number of benzene rings is 1. The van der Waals surface area contributed by atoms with Gasteiger partial charge in [-0.3, -0.25) is 9.59 Å². The van der Waals surface area contributed by atoms with Gasteiger partial charge >= 0.3 is 0 Å². The molecule has 110 valence electrons. The number of carbonyl (C=O) groups is 2. The third kappa shape index (κ3) is 1.96. The molecule has 1 atom stereocenters. The van der Waals surface area contributed by atoms with Crippen LogP contribution >= 0.6 is 0 Å². The van der Waals surface area contributed by atoms with E-state index >= 15 is 0 Å². The van der Waals surface area contributed by atoms with Crippen LogP contribution in [0, 0.1) is 0 Å². The van der Waals surface area contributed by atoms with E-state index < -0.39 is 23.3 Å². The maximum absolute atomic E-state index is 12.2. The van der Waals surface area contributed by atoms with Crippen molar-refractivity contribution in [3.8, 4) is 5.75 Å². The van der Waals surface area contributed by atoms with Crippen LogP contribution in [0.3, 0.4) is 0 Å². The van der Waals surface area contributed by atoms with Crippen molar-refractivity contribution in [1.29, 1.82) is 0 Å². The van der Waals surface area contributed by atoms with Crippen molar-refractivity contribution >= 4 is 17.3 Å². The second-order valence-electron chi connectivity index (χ2n) is 5.80. The lowest BCUT2D eigenvalue weighted by atomic mass is 9.81. The Labute approximate surface area is 122 Å². The summed E-state index contributed by atoms with van der Waals surface area (Å²) in [5.41, 5.74) is 0.307. The summed E-state index contributed by atoms with van der Waals surface area (Å²) in [6.07, 6.45) is -0.703. The number of ether oxygens (including phenoxy) is 2. The van der Waals surface area contributed by atoms with Crippen LogP contribution in [0.1, 0.15) is 36.2 Å². The summed E-state index contributed by atoms with van der Waals surface area (Å²) in [5.74, 6) is -0.292. The summed E-state index contributed by atoms with van der Waals surface area (Å²) in [5, 5.41) is 10.1. The number of carbonyl (C=O) groups excluding carboxylic acids is 2. The first-order chi connectivity index (χ1) is 9.85. The molecule has 5 nitrogen and oxygen atoms in total. The quantitative estimate of drug-likeness (QED) is 0.797. The molecule has 21 heavy (non-hydrogen) atoms. The van der Waals surface area contributed by atoms with E-state index in [4.69, 9.17) is 9.47 Å². The largest absolute Gasteiger partial charge is 0.497 e. The van der Waals surface area contributed by atoms with Gasteiger partial charge in [0.05, 0.1) is 13.2 Å². The van der Waals surface area contributed by atoms with Crippen LogP contribution in [0.2, 0.25) is 0 Å². The predicted molar refractivity (Wildman–Crippen MR) is 75.0 cm³/mol. The lowest BCUT2D eigenvalue weighted by Gasteiger charge is -2.39. The molecule has 0 saturated heterocycles. The predicted octanol–water partition coefficient (Wildman–Crippen LogP) is 1.73. The molecule has 1 aromatic carbocycles. The van der Waals surface area contributed by atoms with E-state index in [-0.39, 0.29) is 17.6 Å². The summed E-state index contributed by atoms with van der Waals surface area (Å²) in [6.45, 7) is 3.51. The van der Waals surface area contributed by atoms with E-state index in [1.165, 1.54) is 7.11 Å². The van der Waals surface area contributed by atoms with Crippen molar-refractivity contribution in [2.24, 2.45) is 0 Å². The molecule has 5 heteroatoms. The van der Waals surface area contributed by atoms with E-state index in [1.54, 1.807) is 32.0 Å². The summed E-state index contributed by atoms with van der Waals surface area (Å²) in [4.78, 5) is 24.5. The zero-order valence-corrected chi connectivity index (χ0v) is 12.1. The van der Waals surface area contributed by atoms with Gasteiger partial charge in [-0.2, -0.15) is 0 Å². The molecule has 1 N–H and O–H groups in total. The molecule has 1 aliphatic heterocycles. The fraction of sp³-hybridized carbons (Fsp3) is 0.375. The van der Waals surface area contributed by atoms with Crippen LogP contribution < -0.4 is 4.74 Å². The van der Waals surface area contributed by atoms with Gasteiger partial charge in [0.2, 0.25) is 11.6 Å². The monoisotopic (exact) mass is 288 g/mol. The molecular formula is C16H16O5. The van der Waals surface area contributed by atoms with E-state index in [0.29, 0.717) is 17.1 Å². The first kappa shape index (κ1) is 13.8. The Balaban J connectivity index is 2.20. The summed E-state index contributed by atoms with van der Waals surface area (Å²) < 4.78 is 10.9. The van der Waals surface area contributed by atoms with Crippen LogP contribution in [0.25, 0.3) is 5.76 Å². The standard InChI is InChI=1S/C16H16O5/c1-16(2)12(17)7-11-14(19)13(18)10-6-8(20-3)4-5-9(10)15(11)21-16/h4-6,12,17H,7H2,1-3H3. The minimum atomic E-state index is -0.826. The van der Waals surface area contributed by atoms with Gasteiger partial charge in [-0.05, 0) is 32.0 Å². The minimum Gasteiger partial charge on any atom is -0.497 e. The third-order valence-electron chi connectivity index (χ3n) is 4.04. The molecule has 0 saturated carbocycles. The van der Waals surface area contributed by atoms with Crippen molar-refractivity contribution in [2.75, 3.05) is 7.11 Å². The fourth-order valence-electron chi connectivity index (χ4n) is 2.63. The van der Waals surface area contributed by atoms with Gasteiger partial charge in [-0.15, -0.1) is 0 Å². The van der Waals surface area contributed by atoms with Gasteiger partial charge in [0, 0.05) is 23.1 Å². The van der Waals surface area contributed by atoms with Crippen LogP contribution in [-0.2, 0) is 9.53 Å². The highest BCUT2D eigenvalue weighted by Crippen LogP contribution is 2.42. The van der Waals surface area contributed by atoms with Gasteiger partial charge < -0.3 is 14.6 Å². The molecular weight excluding hydrogens is 272 g/mol. The average Bonchev–Trinajstić information content (AvgIpc) is 2.46. The number of hydrogen-bond donors (Lipinski definition) is 1. The number of ketones is 2. The number of methoxy groups -OCH3 is 1. The molecule has 0 fully saturated rings. The number of rotatable bonds is 1. The van der Waals surface area contributed by atoms with Crippen molar-refractivity contribution in [3.63, 3.8) is 0 Å². The number of aliphatic hydroxyl groups is 1. The second kappa shape index (κ2) is 4.43. The number of Topliss-reactive ketones (excluding diaryl/α,β-unsaturated/α-hetero) is 2. The van der Waals surface area contributed by atoms with Crippen molar-refractivity contribution in [2.45, 2.75) is 32.0 Å².